The molecular weight excluding hydrogens is 373 g/mol. The van der Waals surface area contributed by atoms with Gasteiger partial charge < -0.3 is 9.57 Å². The van der Waals surface area contributed by atoms with E-state index in [4.69, 9.17) is 32.8 Å². The van der Waals surface area contributed by atoms with Crippen LogP contribution in [0.3, 0.4) is 0 Å². The Kier molecular flexibility index (Phi) is 5.26. The number of ether oxygens (including phenoxy) is 1. The molecule has 1 heterocycles. The predicted molar refractivity (Wildman–Crippen MR) is 103 cm³/mol. The molecule has 0 aromatic heterocycles. The van der Waals surface area contributed by atoms with Gasteiger partial charge in [-0.25, -0.2) is 0 Å². The number of hydrogen-bond acceptors (Lipinski definition) is 4. The van der Waals surface area contributed by atoms with Crippen LogP contribution < -0.4 is 0 Å². The molecule has 1 aliphatic rings. The van der Waals surface area contributed by atoms with Crippen molar-refractivity contribution in [3.05, 3.63) is 69.7 Å². The minimum Gasteiger partial charge on any atom is -0.459 e. The maximum absolute atomic E-state index is 13.0. The van der Waals surface area contributed by atoms with Crippen LogP contribution in [-0.4, -0.2) is 17.3 Å². The van der Waals surface area contributed by atoms with E-state index in [9.17, 15) is 4.79 Å². The second-order valence-electron chi connectivity index (χ2n) is 7.02. The lowest BCUT2D eigenvalue weighted by molar-refractivity contribution is -0.160. The first-order chi connectivity index (χ1) is 12.3. The number of oxime groups is 1. The van der Waals surface area contributed by atoms with E-state index in [0.717, 1.165) is 5.56 Å². The summed E-state index contributed by atoms with van der Waals surface area (Å²) in [6, 6.07) is 14.6. The number of halogens is 2. The number of rotatable bonds is 3. The summed E-state index contributed by atoms with van der Waals surface area (Å²) in [6.45, 7) is 5.45. The summed E-state index contributed by atoms with van der Waals surface area (Å²) in [5.41, 5.74) is 1.05. The molecule has 0 bridgehead atoms. The van der Waals surface area contributed by atoms with E-state index in [0.29, 0.717) is 21.3 Å². The Morgan fingerprint density at radius 2 is 1.65 bits per heavy atom. The highest BCUT2D eigenvalue weighted by atomic mass is 35.5. The zero-order valence-electron chi connectivity index (χ0n) is 14.7. The molecule has 1 aliphatic heterocycles. The Bertz CT molecular complexity index is 824. The van der Waals surface area contributed by atoms with Crippen molar-refractivity contribution in [1.29, 1.82) is 0 Å². The van der Waals surface area contributed by atoms with Crippen LogP contribution in [0.25, 0.3) is 0 Å². The second kappa shape index (κ2) is 7.29. The van der Waals surface area contributed by atoms with Gasteiger partial charge in [-0.2, -0.15) is 0 Å². The van der Waals surface area contributed by atoms with Gasteiger partial charge in [0.1, 0.15) is 17.2 Å². The van der Waals surface area contributed by atoms with Crippen molar-refractivity contribution in [2.45, 2.75) is 32.5 Å². The number of hydrogen-bond donors (Lipinski definition) is 0. The zero-order chi connectivity index (χ0) is 18.9. The Morgan fingerprint density at radius 1 is 1.04 bits per heavy atom. The minimum absolute atomic E-state index is 0.378. The molecule has 4 nitrogen and oxygen atoms in total. The molecular formula is C20H19Cl2NO3. The van der Waals surface area contributed by atoms with Crippen molar-refractivity contribution in [2.24, 2.45) is 11.1 Å². The van der Waals surface area contributed by atoms with Gasteiger partial charge >= 0.3 is 5.97 Å². The standard InChI is InChI=1S/C20H19Cl2NO3/c1-20(2,3)25-19(24)16-17(15-13(21)10-7-11-14(15)22)23-26-18(16)12-8-5-4-6-9-12/h4-11,16,18H,1-3H3/t16-,18+/m1/s1. The van der Waals surface area contributed by atoms with Crippen LogP contribution in [0.4, 0.5) is 0 Å². The summed E-state index contributed by atoms with van der Waals surface area (Å²) in [6.07, 6.45) is -0.603. The fraction of sp³-hybridized carbons (Fsp3) is 0.300. The van der Waals surface area contributed by atoms with Gasteiger partial charge in [-0.3, -0.25) is 4.79 Å². The smallest absolute Gasteiger partial charge is 0.320 e. The first kappa shape index (κ1) is 18.7. The summed E-state index contributed by atoms with van der Waals surface area (Å²) in [4.78, 5) is 18.6. The van der Waals surface area contributed by atoms with Crippen molar-refractivity contribution in [1.82, 2.24) is 0 Å². The summed E-state index contributed by atoms with van der Waals surface area (Å²) >= 11 is 12.7. The number of carbonyl (C=O) groups excluding carboxylic acids is 1. The van der Waals surface area contributed by atoms with Crippen LogP contribution in [-0.2, 0) is 14.4 Å². The van der Waals surface area contributed by atoms with Gasteiger partial charge in [0, 0.05) is 5.56 Å². The summed E-state index contributed by atoms with van der Waals surface area (Å²) < 4.78 is 5.62. The first-order valence-corrected chi connectivity index (χ1v) is 8.99. The van der Waals surface area contributed by atoms with Gasteiger partial charge in [0.2, 0.25) is 0 Å². The molecule has 2 aromatic carbocycles. The number of nitrogens with zero attached hydrogens (tertiary/aromatic N) is 1. The monoisotopic (exact) mass is 391 g/mol. The maximum Gasteiger partial charge on any atom is 0.320 e. The molecule has 2 atom stereocenters. The fourth-order valence-electron chi connectivity index (χ4n) is 2.81. The molecule has 26 heavy (non-hydrogen) atoms. The van der Waals surface area contributed by atoms with Crippen molar-refractivity contribution in [2.75, 3.05) is 0 Å². The molecule has 3 rings (SSSR count). The molecule has 0 aliphatic carbocycles. The lowest BCUT2D eigenvalue weighted by Gasteiger charge is -2.25. The summed E-state index contributed by atoms with van der Waals surface area (Å²) in [5.74, 6) is -1.20. The van der Waals surface area contributed by atoms with E-state index < -0.39 is 23.6 Å². The van der Waals surface area contributed by atoms with Gasteiger partial charge in [-0.05, 0) is 38.5 Å². The van der Waals surface area contributed by atoms with Crippen LogP contribution in [0.1, 0.15) is 38.0 Å². The number of benzene rings is 2. The highest BCUT2D eigenvalue weighted by Gasteiger charge is 2.45. The van der Waals surface area contributed by atoms with Crippen LogP contribution in [0.5, 0.6) is 0 Å². The third kappa shape index (κ3) is 3.87. The third-order valence-corrected chi connectivity index (χ3v) is 4.50. The molecule has 0 spiro atoms. The highest BCUT2D eigenvalue weighted by Crippen LogP contribution is 2.40. The third-order valence-electron chi connectivity index (χ3n) is 3.87. The van der Waals surface area contributed by atoms with Gasteiger partial charge in [0.05, 0.1) is 10.0 Å². The van der Waals surface area contributed by atoms with E-state index in [1.807, 2.05) is 51.1 Å². The molecule has 0 saturated carbocycles. The van der Waals surface area contributed by atoms with Crippen LogP contribution in [0.15, 0.2) is 53.7 Å². The fourth-order valence-corrected chi connectivity index (χ4v) is 3.41. The van der Waals surface area contributed by atoms with E-state index >= 15 is 0 Å². The predicted octanol–water partition coefficient (Wildman–Crippen LogP) is 5.43. The van der Waals surface area contributed by atoms with E-state index in [2.05, 4.69) is 5.16 Å². The average molecular weight is 392 g/mol. The Morgan fingerprint density at radius 3 is 2.23 bits per heavy atom. The lowest BCUT2D eigenvalue weighted by atomic mass is 9.88. The molecule has 2 aromatic rings. The average Bonchev–Trinajstić information content (AvgIpc) is 2.99. The number of carbonyl (C=O) groups is 1. The maximum atomic E-state index is 13.0. The van der Waals surface area contributed by atoms with Gasteiger partial charge in [0.15, 0.2) is 6.10 Å². The van der Waals surface area contributed by atoms with Crippen LogP contribution >= 0.6 is 23.2 Å². The minimum atomic E-state index is -0.769. The molecule has 6 heteroatoms. The largest absolute Gasteiger partial charge is 0.459 e. The van der Waals surface area contributed by atoms with Crippen molar-refractivity contribution >= 4 is 34.9 Å². The molecule has 0 saturated heterocycles. The van der Waals surface area contributed by atoms with Crippen molar-refractivity contribution in [3.63, 3.8) is 0 Å². The molecule has 0 N–H and O–H groups in total. The van der Waals surface area contributed by atoms with E-state index in [1.54, 1.807) is 18.2 Å². The summed E-state index contributed by atoms with van der Waals surface area (Å²) in [5, 5.41) is 4.97. The number of esters is 1. The van der Waals surface area contributed by atoms with Gasteiger partial charge in [-0.15, -0.1) is 0 Å². The van der Waals surface area contributed by atoms with Crippen LogP contribution in [0.2, 0.25) is 10.0 Å². The summed E-state index contributed by atoms with van der Waals surface area (Å²) in [7, 11) is 0. The van der Waals surface area contributed by atoms with Crippen LogP contribution in [0, 0.1) is 5.92 Å². The van der Waals surface area contributed by atoms with Gasteiger partial charge in [-0.1, -0.05) is 64.8 Å². The molecule has 0 unspecified atom stereocenters. The van der Waals surface area contributed by atoms with Crippen molar-refractivity contribution < 1.29 is 14.4 Å². The Hall–Kier alpha value is -2.04. The topological polar surface area (TPSA) is 47.9 Å². The normalized spacial score (nSPS) is 19.7. The van der Waals surface area contributed by atoms with E-state index in [1.165, 1.54) is 0 Å². The molecule has 0 radical (unpaired) electrons. The quantitative estimate of drug-likeness (QED) is 0.655. The highest BCUT2D eigenvalue weighted by molar-refractivity contribution is 6.41. The SMILES string of the molecule is CC(C)(C)OC(=O)[C@@H]1C(c2c(Cl)cccc2Cl)=NO[C@H]1c1ccccc1. The Labute approximate surface area is 162 Å². The molecule has 136 valence electrons. The Balaban J connectivity index is 2.05. The van der Waals surface area contributed by atoms with Gasteiger partial charge in [0.25, 0.3) is 0 Å². The van der Waals surface area contributed by atoms with Crippen molar-refractivity contribution in [3.8, 4) is 0 Å². The van der Waals surface area contributed by atoms with E-state index in [-0.39, 0.29) is 0 Å². The zero-order valence-corrected chi connectivity index (χ0v) is 16.2. The second-order valence-corrected chi connectivity index (χ2v) is 7.84. The lowest BCUT2D eigenvalue weighted by Crippen LogP contribution is -2.34. The molecule has 0 amide bonds. The molecule has 0 fully saturated rings. The first-order valence-electron chi connectivity index (χ1n) is 8.24.